The van der Waals surface area contributed by atoms with E-state index in [-0.39, 0.29) is 6.54 Å². The molecule has 0 amide bonds. The summed E-state index contributed by atoms with van der Waals surface area (Å²) >= 11 is 4.85. The first kappa shape index (κ1) is 16.0. The molecule has 0 aromatic heterocycles. The Balaban J connectivity index is 2.69. The van der Waals surface area contributed by atoms with Crippen LogP contribution in [0.25, 0.3) is 0 Å². The fourth-order valence-electron chi connectivity index (χ4n) is 1.62. The van der Waals surface area contributed by atoms with Gasteiger partial charge in [-0.2, -0.15) is 17.4 Å². The van der Waals surface area contributed by atoms with Gasteiger partial charge in [-0.05, 0) is 5.56 Å². The molecule has 0 heterocycles. The number of nitrogens with one attached hydrogen (secondary N) is 1. The zero-order valence-electron chi connectivity index (χ0n) is 11.1. The molecule has 5 nitrogen and oxygen atoms in total. The SMILES string of the molecule is CCN(CC)S(=O)(=O)NCc1ccc(C(N)=S)cc1. The highest BCUT2D eigenvalue weighted by atomic mass is 32.2. The van der Waals surface area contributed by atoms with E-state index in [0.29, 0.717) is 18.1 Å². The highest BCUT2D eigenvalue weighted by Gasteiger charge is 2.17. The van der Waals surface area contributed by atoms with Crippen LogP contribution < -0.4 is 10.5 Å². The molecule has 0 aliphatic rings. The number of hydrogen-bond acceptors (Lipinski definition) is 3. The Morgan fingerprint density at radius 1 is 1.26 bits per heavy atom. The van der Waals surface area contributed by atoms with E-state index in [1.165, 1.54) is 4.31 Å². The summed E-state index contributed by atoms with van der Waals surface area (Å²) in [4.78, 5) is 0.329. The highest BCUT2D eigenvalue weighted by Crippen LogP contribution is 2.05. The Bertz CT molecular complexity index is 522. The van der Waals surface area contributed by atoms with E-state index in [4.69, 9.17) is 18.0 Å². The Labute approximate surface area is 120 Å². The van der Waals surface area contributed by atoms with E-state index in [1.54, 1.807) is 38.1 Å². The second kappa shape index (κ2) is 6.95. The lowest BCUT2D eigenvalue weighted by Gasteiger charge is -2.18. The molecular formula is C12H19N3O2S2. The molecule has 0 saturated heterocycles. The molecule has 0 spiro atoms. The van der Waals surface area contributed by atoms with Gasteiger partial charge in [-0.3, -0.25) is 0 Å². The van der Waals surface area contributed by atoms with Gasteiger partial charge in [-0.25, -0.2) is 0 Å². The molecule has 0 saturated carbocycles. The highest BCUT2D eigenvalue weighted by molar-refractivity contribution is 7.87. The normalized spacial score (nSPS) is 11.7. The average Bonchev–Trinajstić information content (AvgIpc) is 2.38. The Hall–Kier alpha value is -1.02. The standard InChI is InChI=1S/C12H19N3O2S2/c1-3-15(4-2)19(16,17)14-9-10-5-7-11(8-6-10)12(13)18/h5-8,14H,3-4,9H2,1-2H3,(H2,13,18). The Kier molecular flexibility index (Phi) is 5.86. The molecule has 0 aliphatic carbocycles. The predicted octanol–water partition coefficient (Wildman–Crippen LogP) is 0.997. The van der Waals surface area contributed by atoms with Gasteiger partial charge in [0.05, 0.1) is 0 Å². The van der Waals surface area contributed by atoms with Crippen LogP contribution in [-0.2, 0) is 16.8 Å². The maximum atomic E-state index is 11.9. The molecule has 0 radical (unpaired) electrons. The molecule has 3 N–H and O–H groups in total. The van der Waals surface area contributed by atoms with Gasteiger partial charge in [-0.15, -0.1) is 0 Å². The lowest BCUT2D eigenvalue weighted by molar-refractivity contribution is 0.434. The summed E-state index contributed by atoms with van der Waals surface area (Å²) in [6.45, 7) is 4.76. The summed E-state index contributed by atoms with van der Waals surface area (Å²) in [7, 11) is -3.41. The topological polar surface area (TPSA) is 75.4 Å². The van der Waals surface area contributed by atoms with E-state index in [2.05, 4.69) is 4.72 Å². The van der Waals surface area contributed by atoms with E-state index >= 15 is 0 Å². The van der Waals surface area contributed by atoms with Gasteiger partial charge < -0.3 is 5.73 Å². The second-order valence-corrected chi connectivity index (χ2v) is 6.17. The van der Waals surface area contributed by atoms with Gasteiger partial charge in [0.1, 0.15) is 4.99 Å². The molecule has 0 bridgehead atoms. The molecule has 0 aliphatic heterocycles. The van der Waals surface area contributed by atoms with Crippen LogP contribution in [0.5, 0.6) is 0 Å². The molecule has 19 heavy (non-hydrogen) atoms. The fraction of sp³-hybridized carbons (Fsp3) is 0.417. The predicted molar refractivity (Wildman–Crippen MR) is 81.0 cm³/mol. The summed E-state index contributed by atoms with van der Waals surface area (Å²) in [5.41, 5.74) is 7.12. The molecule has 7 heteroatoms. The van der Waals surface area contributed by atoms with Crippen LogP contribution in [0, 0.1) is 0 Å². The number of benzene rings is 1. The number of hydrogen-bond donors (Lipinski definition) is 2. The molecule has 1 aromatic carbocycles. The maximum absolute atomic E-state index is 11.9. The van der Waals surface area contributed by atoms with Crippen LogP contribution in [0.15, 0.2) is 24.3 Å². The lowest BCUT2D eigenvalue weighted by Crippen LogP contribution is -2.40. The molecule has 1 rings (SSSR count). The average molecular weight is 301 g/mol. The van der Waals surface area contributed by atoms with Gasteiger partial charge in [0.25, 0.3) is 10.2 Å². The van der Waals surface area contributed by atoms with Crippen LogP contribution in [0.3, 0.4) is 0 Å². The third-order valence-electron chi connectivity index (χ3n) is 2.74. The summed E-state index contributed by atoms with van der Waals surface area (Å²) in [5, 5.41) is 0. The van der Waals surface area contributed by atoms with Crippen LogP contribution >= 0.6 is 12.2 Å². The van der Waals surface area contributed by atoms with E-state index < -0.39 is 10.2 Å². The van der Waals surface area contributed by atoms with Crippen molar-refractivity contribution >= 4 is 27.4 Å². The smallest absolute Gasteiger partial charge is 0.279 e. The molecule has 0 unspecified atom stereocenters. The molecule has 1 aromatic rings. The third kappa shape index (κ3) is 4.54. The van der Waals surface area contributed by atoms with Gasteiger partial charge in [0.2, 0.25) is 0 Å². The second-order valence-electron chi connectivity index (χ2n) is 3.97. The van der Waals surface area contributed by atoms with Gasteiger partial charge in [-0.1, -0.05) is 50.3 Å². The monoisotopic (exact) mass is 301 g/mol. The largest absolute Gasteiger partial charge is 0.389 e. The molecule has 0 fully saturated rings. The number of thiocarbonyl (C=S) groups is 1. The summed E-state index contributed by atoms with van der Waals surface area (Å²) in [6.07, 6.45) is 0. The van der Waals surface area contributed by atoms with Crippen molar-refractivity contribution < 1.29 is 8.42 Å². The molecular weight excluding hydrogens is 282 g/mol. The minimum atomic E-state index is -3.41. The molecule has 106 valence electrons. The summed E-state index contributed by atoms with van der Waals surface area (Å²) in [6, 6.07) is 7.17. The van der Waals surface area contributed by atoms with Crippen LogP contribution in [0.4, 0.5) is 0 Å². The third-order valence-corrected chi connectivity index (χ3v) is 4.68. The van der Waals surface area contributed by atoms with Crippen molar-refractivity contribution in [2.24, 2.45) is 5.73 Å². The van der Waals surface area contributed by atoms with Crippen molar-refractivity contribution in [3.63, 3.8) is 0 Å². The first-order chi connectivity index (χ1) is 8.90. The van der Waals surface area contributed by atoms with Crippen LogP contribution in [0.2, 0.25) is 0 Å². The van der Waals surface area contributed by atoms with Crippen molar-refractivity contribution in [3.05, 3.63) is 35.4 Å². The first-order valence-electron chi connectivity index (χ1n) is 6.04. The first-order valence-corrected chi connectivity index (χ1v) is 7.89. The van der Waals surface area contributed by atoms with Crippen molar-refractivity contribution in [2.75, 3.05) is 13.1 Å². The lowest BCUT2D eigenvalue weighted by atomic mass is 10.1. The minimum absolute atomic E-state index is 0.246. The number of rotatable bonds is 7. The fourth-order valence-corrected chi connectivity index (χ4v) is 2.96. The van der Waals surface area contributed by atoms with Crippen molar-refractivity contribution in [2.45, 2.75) is 20.4 Å². The Morgan fingerprint density at radius 2 is 1.79 bits per heavy atom. The summed E-state index contributed by atoms with van der Waals surface area (Å²) in [5.74, 6) is 0. The van der Waals surface area contributed by atoms with Gasteiger partial charge >= 0.3 is 0 Å². The molecule has 0 atom stereocenters. The van der Waals surface area contributed by atoms with Crippen molar-refractivity contribution in [1.29, 1.82) is 0 Å². The van der Waals surface area contributed by atoms with Gasteiger partial charge in [0.15, 0.2) is 0 Å². The van der Waals surface area contributed by atoms with Crippen LogP contribution in [0.1, 0.15) is 25.0 Å². The zero-order valence-corrected chi connectivity index (χ0v) is 12.7. The Morgan fingerprint density at radius 3 is 2.21 bits per heavy atom. The van der Waals surface area contributed by atoms with Crippen molar-refractivity contribution in [3.8, 4) is 0 Å². The quantitative estimate of drug-likeness (QED) is 0.737. The minimum Gasteiger partial charge on any atom is -0.389 e. The van der Waals surface area contributed by atoms with Crippen LogP contribution in [-0.4, -0.2) is 30.8 Å². The summed E-state index contributed by atoms with van der Waals surface area (Å²) < 4.78 is 27.8. The van der Waals surface area contributed by atoms with E-state index in [1.807, 2.05) is 0 Å². The van der Waals surface area contributed by atoms with Gasteiger partial charge in [0, 0.05) is 25.2 Å². The van der Waals surface area contributed by atoms with E-state index in [0.717, 1.165) is 11.1 Å². The number of nitrogens with zero attached hydrogens (tertiary/aromatic N) is 1. The zero-order chi connectivity index (χ0) is 14.5. The maximum Gasteiger partial charge on any atom is 0.279 e. The van der Waals surface area contributed by atoms with E-state index in [9.17, 15) is 8.42 Å². The number of nitrogens with two attached hydrogens (primary N) is 1. The van der Waals surface area contributed by atoms with Crippen molar-refractivity contribution in [1.82, 2.24) is 9.03 Å².